The van der Waals surface area contributed by atoms with Crippen LogP contribution in [0, 0.1) is 17.8 Å². The van der Waals surface area contributed by atoms with Gasteiger partial charge in [0.2, 0.25) is 0 Å². The molecule has 1 aromatic rings. The van der Waals surface area contributed by atoms with Crippen molar-refractivity contribution in [3.63, 3.8) is 0 Å². The van der Waals surface area contributed by atoms with E-state index in [-0.39, 0.29) is 6.10 Å². The molecular formula is C17H22O2. The molecule has 2 saturated carbocycles. The molecule has 0 amide bonds. The van der Waals surface area contributed by atoms with Crippen molar-refractivity contribution in [2.75, 3.05) is 6.61 Å². The maximum Gasteiger partial charge on any atom is 0.122 e. The van der Waals surface area contributed by atoms with Crippen LogP contribution in [0.3, 0.4) is 0 Å². The smallest absolute Gasteiger partial charge is 0.122 e. The van der Waals surface area contributed by atoms with E-state index in [0.29, 0.717) is 0 Å². The molecule has 2 aliphatic carbocycles. The molecule has 19 heavy (non-hydrogen) atoms. The first-order chi connectivity index (χ1) is 9.29. The summed E-state index contributed by atoms with van der Waals surface area (Å²) in [6.45, 7) is 0.793. The second kappa shape index (κ2) is 4.52. The van der Waals surface area contributed by atoms with Gasteiger partial charge in [-0.25, -0.2) is 0 Å². The van der Waals surface area contributed by atoms with E-state index < -0.39 is 0 Å². The van der Waals surface area contributed by atoms with E-state index in [1.807, 2.05) is 12.1 Å². The lowest BCUT2D eigenvalue weighted by Crippen LogP contribution is -2.14. The highest BCUT2D eigenvalue weighted by atomic mass is 16.5. The lowest BCUT2D eigenvalue weighted by molar-refractivity contribution is 0.125. The highest BCUT2D eigenvalue weighted by molar-refractivity contribution is 5.40. The van der Waals surface area contributed by atoms with Crippen LogP contribution in [0.25, 0.3) is 0 Å². The Labute approximate surface area is 114 Å². The van der Waals surface area contributed by atoms with Crippen LogP contribution in [0.1, 0.15) is 49.3 Å². The molecule has 102 valence electrons. The lowest BCUT2D eigenvalue weighted by atomic mass is 9.83. The predicted octanol–water partition coefficient (Wildman–Crippen LogP) is 3.48. The fraction of sp³-hybridized carbons (Fsp3) is 0.647. The zero-order valence-electron chi connectivity index (χ0n) is 11.3. The standard InChI is InChI=1S/C17H22O2/c18-16(10-15-8-11-1-2-12(15)7-11)13-3-4-17-14(9-13)5-6-19-17/h3-4,9,11-12,15-16,18H,1-2,5-8,10H2. The quantitative estimate of drug-likeness (QED) is 0.899. The Morgan fingerprint density at radius 1 is 1.26 bits per heavy atom. The SMILES string of the molecule is OC(CC1CC2CCC1C2)c1ccc2c(c1)CCO2. The monoisotopic (exact) mass is 258 g/mol. The summed E-state index contributed by atoms with van der Waals surface area (Å²) in [7, 11) is 0. The molecule has 0 spiro atoms. The van der Waals surface area contributed by atoms with Crippen LogP contribution in [-0.2, 0) is 6.42 Å². The maximum absolute atomic E-state index is 10.5. The molecule has 4 unspecified atom stereocenters. The van der Waals surface area contributed by atoms with Gasteiger partial charge in [-0.15, -0.1) is 0 Å². The van der Waals surface area contributed by atoms with Crippen LogP contribution in [0.2, 0.25) is 0 Å². The maximum atomic E-state index is 10.5. The van der Waals surface area contributed by atoms with Gasteiger partial charge in [0.1, 0.15) is 5.75 Å². The van der Waals surface area contributed by atoms with Crippen molar-refractivity contribution >= 4 is 0 Å². The minimum Gasteiger partial charge on any atom is -0.493 e. The number of fused-ring (bicyclic) bond motifs is 3. The molecule has 4 atom stereocenters. The fourth-order valence-electron chi connectivity index (χ4n) is 4.50. The first kappa shape index (κ1) is 11.8. The summed E-state index contributed by atoms with van der Waals surface area (Å²) < 4.78 is 5.53. The number of benzene rings is 1. The molecule has 3 aliphatic rings. The van der Waals surface area contributed by atoms with Crippen LogP contribution >= 0.6 is 0 Å². The lowest BCUT2D eigenvalue weighted by Gasteiger charge is -2.24. The molecule has 0 saturated heterocycles. The molecule has 2 fully saturated rings. The summed E-state index contributed by atoms with van der Waals surface area (Å²) >= 11 is 0. The van der Waals surface area contributed by atoms with Gasteiger partial charge >= 0.3 is 0 Å². The van der Waals surface area contributed by atoms with Crippen molar-refractivity contribution in [1.82, 2.24) is 0 Å². The summed E-state index contributed by atoms with van der Waals surface area (Å²) in [5.74, 6) is 3.64. The molecular weight excluding hydrogens is 236 g/mol. The molecule has 4 rings (SSSR count). The fourth-order valence-corrected chi connectivity index (χ4v) is 4.50. The number of rotatable bonds is 3. The predicted molar refractivity (Wildman–Crippen MR) is 74.2 cm³/mol. The number of ether oxygens (including phenoxy) is 1. The second-order valence-corrected chi connectivity index (χ2v) is 6.65. The molecule has 2 heteroatoms. The average molecular weight is 258 g/mol. The Bertz CT molecular complexity index is 482. The molecule has 2 nitrogen and oxygen atoms in total. The highest BCUT2D eigenvalue weighted by Crippen LogP contribution is 2.51. The summed E-state index contributed by atoms with van der Waals surface area (Å²) in [5, 5.41) is 10.5. The van der Waals surface area contributed by atoms with Crippen molar-refractivity contribution in [2.24, 2.45) is 17.8 Å². The van der Waals surface area contributed by atoms with Gasteiger partial charge in [-0.1, -0.05) is 12.5 Å². The summed E-state index contributed by atoms with van der Waals surface area (Å²) in [5.41, 5.74) is 2.36. The van der Waals surface area contributed by atoms with Gasteiger partial charge in [0.15, 0.2) is 0 Å². The summed E-state index contributed by atoms with van der Waals surface area (Å²) in [4.78, 5) is 0. The molecule has 1 aromatic carbocycles. The summed E-state index contributed by atoms with van der Waals surface area (Å²) in [6.07, 6.45) is 7.29. The van der Waals surface area contributed by atoms with E-state index in [1.165, 1.54) is 31.2 Å². The average Bonchev–Trinajstić information content (AvgIpc) is 3.13. The van der Waals surface area contributed by atoms with Crippen molar-refractivity contribution in [1.29, 1.82) is 0 Å². The van der Waals surface area contributed by atoms with Crippen LogP contribution in [0.5, 0.6) is 5.75 Å². The molecule has 1 aliphatic heterocycles. The largest absolute Gasteiger partial charge is 0.493 e. The molecule has 1 heterocycles. The van der Waals surface area contributed by atoms with Gasteiger partial charge in [-0.3, -0.25) is 0 Å². The van der Waals surface area contributed by atoms with E-state index >= 15 is 0 Å². The van der Waals surface area contributed by atoms with E-state index in [1.54, 1.807) is 0 Å². The van der Waals surface area contributed by atoms with Crippen molar-refractivity contribution in [2.45, 2.75) is 44.6 Å². The Hall–Kier alpha value is -1.02. The Morgan fingerprint density at radius 3 is 3.00 bits per heavy atom. The van der Waals surface area contributed by atoms with E-state index in [4.69, 9.17) is 4.74 Å². The van der Waals surface area contributed by atoms with Gasteiger partial charge in [0.25, 0.3) is 0 Å². The van der Waals surface area contributed by atoms with Gasteiger partial charge in [0.05, 0.1) is 12.7 Å². The van der Waals surface area contributed by atoms with E-state index in [2.05, 4.69) is 6.07 Å². The third-order valence-corrected chi connectivity index (χ3v) is 5.51. The Balaban J connectivity index is 1.47. The molecule has 2 bridgehead atoms. The number of aliphatic hydroxyl groups is 1. The molecule has 0 radical (unpaired) electrons. The highest BCUT2D eigenvalue weighted by Gasteiger charge is 2.40. The van der Waals surface area contributed by atoms with E-state index in [9.17, 15) is 5.11 Å². The summed E-state index contributed by atoms with van der Waals surface area (Å²) in [6, 6.07) is 6.23. The normalized spacial score (nSPS) is 33.2. The third-order valence-electron chi connectivity index (χ3n) is 5.51. The third kappa shape index (κ3) is 2.06. The number of aliphatic hydroxyl groups excluding tert-OH is 1. The number of hydrogen-bond donors (Lipinski definition) is 1. The molecule has 1 N–H and O–H groups in total. The van der Waals surface area contributed by atoms with Crippen molar-refractivity contribution in [3.05, 3.63) is 29.3 Å². The van der Waals surface area contributed by atoms with Crippen molar-refractivity contribution < 1.29 is 9.84 Å². The van der Waals surface area contributed by atoms with Crippen LogP contribution in [-0.4, -0.2) is 11.7 Å². The van der Waals surface area contributed by atoms with Gasteiger partial charge in [-0.05, 0) is 66.7 Å². The second-order valence-electron chi connectivity index (χ2n) is 6.65. The minimum absolute atomic E-state index is 0.282. The zero-order valence-corrected chi connectivity index (χ0v) is 11.3. The van der Waals surface area contributed by atoms with Crippen LogP contribution < -0.4 is 4.74 Å². The first-order valence-corrected chi connectivity index (χ1v) is 7.73. The number of hydrogen-bond acceptors (Lipinski definition) is 2. The van der Waals surface area contributed by atoms with Crippen molar-refractivity contribution in [3.8, 4) is 5.75 Å². The van der Waals surface area contributed by atoms with Gasteiger partial charge in [-0.2, -0.15) is 0 Å². The Kier molecular flexibility index (Phi) is 2.80. The van der Waals surface area contributed by atoms with Gasteiger partial charge < -0.3 is 9.84 Å². The zero-order chi connectivity index (χ0) is 12.8. The Morgan fingerprint density at radius 2 is 2.21 bits per heavy atom. The van der Waals surface area contributed by atoms with Gasteiger partial charge in [0, 0.05) is 6.42 Å². The van der Waals surface area contributed by atoms with Crippen LogP contribution in [0.15, 0.2) is 18.2 Å². The van der Waals surface area contributed by atoms with E-state index in [0.717, 1.165) is 48.5 Å². The van der Waals surface area contributed by atoms with Crippen LogP contribution in [0.4, 0.5) is 0 Å². The molecule has 0 aromatic heterocycles. The first-order valence-electron chi connectivity index (χ1n) is 7.73. The minimum atomic E-state index is -0.282. The topological polar surface area (TPSA) is 29.5 Å².